The third kappa shape index (κ3) is 2.65. The normalized spacial score (nSPS) is 10.3. The second-order valence-corrected chi connectivity index (χ2v) is 4.50. The smallest absolute Gasteiger partial charge is 0.293 e. The molecule has 0 saturated heterocycles. The lowest BCUT2D eigenvalue weighted by Gasteiger charge is -2.05. The molecule has 5 nitrogen and oxygen atoms in total. The van der Waals surface area contributed by atoms with Crippen molar-refractivity contribution >= 4 is 21.7 Å². The minimum absolute atomic E-state index is 0.113. The SMILES string of the molecule is O=C(Cn1ccc(=O)[nH]c1=O)c1ccccc1Br. The number of carbonyl (C=O) groups excluding carboxylic acids is 1. The van der Waals surface area contributed by atoms with E-state index < -0.39 is 11.2 Å². The Labute approximate surface area is 110 Å². The van der Waals surface area contributed by atoms with E-state index in [1.807, 2.05) is 0 Å². The standard InChI is InChI=1S/C12H9BrN2O3/c13-9-4-2-1-3-8(9)10(16)7-15-6-5-11(17)14-12(15)18/h1-6H,7H2,(H,14,17,18). The average Bonchev–Trinajstić information content (AvgIpc) is 2.33. The fourth-order valence-electron chi connectivity index (χ4n) is 1.50. The molecule has 1 aromatic heterocycles. The first-order valence-corrected chi connectivity index (χ1v) is 5.95. The molecule has 0 spiro atoms. The first kappa shape index (κ1) is 12.5. The predicted octanol–water partition coefficient (Wildman–Crippen LogP) is 1.18. The number of benzene rings is 1. The van der Waals surface area contributed by atoms with Crippen LogP contribution in [-0.4, -0.2) is 15.3 Å². The number of hydrogen-bond acceptors (Lipinski definition) is 3. The summed E-state index contributed by atoms with van der Waals surface area (Å²) in [5, 5.41) is 0. The molecule has 2 aromatic rings. The highest BCUT2D eigenvalue weighted by molar-refractivity contribution is 9.10. The number of H-pyrrole nitrogens is 1. The topological polar surface area (TPSA) is 71.9 Å². The van der Waals surface area contributed by atoms with Crippen molar-refractivity contribution in [3.05, 3.63) is 67.4 Å². The molecule has 0 aliphatic carbocycles. The molecule has 0 radical (unpaired) electrons. The zero-order chi connectivity index (χ0) is 13.1. The van der Waals surface area contributed by atoms with E-state index in [1.54, 1.807) is 24.3 Å². The quantitative estimate of drug-likeness (QED) is 0.866. The van der Waals surface area contributed by atoms with E-state index in [4.69, 9.17) is 0 Å². The van der Waals surface area contributed by atoms with Gasteiger partial charge in [0.15, 0.2) is 5.78 Å². The van der Waals surface area contributed by atoms with Crippen LogP contribution in [0.3, 0.4) is 0 Å². The summed E-state index contributed by atoms with van der Waals surface area (Å²) in [7, 11) is 0. The summed E-state index contributed by atoms with van der Waals surface area (Å²) in [6.07, 6.45) is 1.30. The number of nitrogens with one attached hydrogen (secondary N) is 1. The van der Waals surface area contributed by atoms with Crippen LogP contribution in [0.2, 0.25) is 0 Å². The highest BCUT2D eigenvalue weighted by Crippen LogP contribution is 2.16. The Hall–Kier alpha value is -1.95. The predicted molar refractivity (Wildman–Crippen MR) is 69.8 cm³/mol. The first-order valence-electron chi connectivity index (χ1n) is 5.15. The minimum Gasteiger partial charge on any atom is -0.293 e. The fourth-order valence-corrected chi connectivity index (χ4v) is 2.00. The fraction of sp³-hybridized carbons (Fsp3) is 0.0833. The highest BCUT2D eigenvalue weighted by Gasteiger charge is 2.10. The zero-order valence-corrected chi connectivity index (χ0v) is 10.8. The molecule has 0 fully saturated rings. The molecule has 6 heteroatoms. The van der Waals surface area contributed by atoms with Crippen molar-refractivity contribution in [2.45, 2.75) is 6.54 Å². The maximum Gasteiger partial charge on any atom is 0.328 e. The molecule has 0 bridgehead atoms. The molecular weight excluding hydrogens is 300 g/mol. The monoisotopic (exact) mass is 308 g/mol. The van der Waals surface area contributed by atoms with Crippen molar-refractivity contribution in [2.75, 3.05) is 0 Å². The van der Waals surface area contributed by atoms with Gasteiger partial charge in [-0.25, -0.2) is 4.79 Å². The van der Waals surface area contributed by atoms with Gasteiger partial charge in [0.1, 0.15) is 0 Å². The van der Waals surface area contributed by atoms with E-state index in [1.165, 1.54) is 12.3 Å². The Morgan fingerprint density at radius 2 is 1.94 bits per heavy atom. The van der Waals surface area contributed by atoms with Crippen molar-refractivity contribution < 1.29 is 4.79 Å². The number of nitrogens with zero attached hydrogens (tertiary/aromatic N) is 1. The molecule has 1 N–H and O–H groups in total. The van der Waals surface area contributed by atoms with E-state index >= 15 is 0 Å². The molecule has 0 amide bonds. The minimum atomic E-state index is -0.595. The second-order valence-electron chi connectivity index (χ2n) is 3.64. The molecule has 0 aliphatic rings. The molecule has 0 aliphatic heterocycles. The third-order valence-corrected chi connectivity index (χ3v) is 3.08. The van der Waals surface area contributed by atoms with Crippen LogP contribution >= 0.6 is 15.9 Å². The lowest BCUT2D eigenvalue weighted by atomic mass is 10.1. The van der Waals surface area contributed by atoms with E-state index in [9.17, 15) is 14.4 Å². The number of hydrogen-bond donors (Lipinski definition) is 1. The van der Waals surface area contributed by atoms with E-state index in [0.717, 1.165) is 4.57 Å². The van der Waals surface area contributed by atoms with Gasteiger partial charge in [-0.2, -0.15) is 0 Å². The van der Waals surface area contributed by atoms with Gasteiger partial charge in [-0.1, -0.05) is 34.1 Å². The van der Waals surface area contributed by atoms with Crippen LogP contribution in [0.4, 0.5) is 0 Å². The van der Waals surface area contributed by atoms with Gasteiger partial charge in [0.2, 0.25) is 0 Å². The van der Waals surface area contributed by atoms with Crippen molar-refractivity contribution in [3.8, 4) is 0 Å². The van der Waals surface area contributed by atoms with Crippen LogP contribution in [0, 0.1) is 0 Å². The molecule has 0 atom stereocenters. The number of aromatic nitrogens is 2. The number of rotatable bonds is 3. The van der Waals surface area contributed by atoms with Crippen LogP contribution in [0.15, 0.2) is 50.6 Å². The van der Waals surface area contributed by atoms with Crippen LogP contribution < -0.4 is 11.2 Å². The van der Waals surface area contributed by atoms with Gasteiger partial charge in [0.25, 0.3) is 5.56 Å². The summed E-state index contributed by atoms with van der Waals surface area (Å²) in [5.74, 6) is -0.211. The van der Waals surface area contributed by atoms with Crippen LogP contribution in [0.5, 0.6) is 0 Å². The van der Waals surface area contributed by atoms with E-state index in [-0.39, 0.29) is 12.3 Å². The molecule has 92 valence electrons. The number of aromatic amines is 1. The van der Waals surface area contributed by atoms with Crippen molar-refractivity contribution in [1.82, 2.24) is 9.55 Å². The van der Waals surface area contributed by atoms with Crippen molar-refractivity contribution in [3.63, 3.8) is 0 Å². The van der Waals surface area contributed by atoms with Gasteiger partial charge in [-0.3, -0.25) is 19.1 Å². The Morgan fingerprint density at radius 1 is 1.22 bits per heavy atom. The molecule has 0 unspecified atom stereocenters. The maximum absolute atomic E-state index is 12.0. The van der Waals surface area contributed by atoms with Gasteiger partial charge in [0, 0.05) is 22.3 Å². The number of carbonyl (C=O) groups is 1. The second kappa shape index (κ2) is 5.14. The molecule has 2 rings (SSSR count). The van der Waals surface area contributed by atoms with Crippen LogP contribution in [0.25, 0.3) is 0 Å². The van der Waals surface area contributed by atoms with Crippen LogP contribution in [0.1, 0.15) is 10.4 Å². The first-order chi connectivity index (χ1) is 8.58. The maximum atomic E-state index is 12.0. The van der Waals surface area contributed by atoms with Gasteiger partial charge in [-0.05, 0) is 6.07 Å². The van der Waals surface area contributed by atoms with Gasteiger partial charge in [-0.15, -0.1) is 0 Å². The Balaban J connectivity index is 2.30. The molecule has 1 heterocycles. The Kier molecular flexibility index (Phi) is 3.57. The van der Waals surface area contributed by atoms with Gasteiger partial charge >= 0.3 is 5.69 Å². The van der Waals surface area contributed by atoms with E-state index in [2.05, 4.69) is 20.9 Å². The Morgan fingerprint density at radius 3 is 2.61 bits per heavy atom. The zero-order valence-electron chi connectivity index (χ0n) is 9.22. The number of Topliss-reactive ketones (excluding diaryl/α,β-unsaturated/α-hetero) is 1. The summed E-state index contributed by atoms with van der Waals surface area (Å²) >= 11 is 3.27. The third-order valence-electron chi connectivity index (χ3n) is 2.39. The van der Waals surface area contributed by atoms with E-state index in [0.29, 0.717) is 10.0 Å². The number of halogens is 1. The molecule has 1 aromatic carbocycles. The average molecular weight is 309 g/mol. The van der Waals surface area contributed by atoms with Gasteiger partial charge < -0.3 is 0 Å². The lowest BCUT2D eigenvalue weighted by Crippen LogP contribution is -2.30. The van der Waals surface area contributed by atoms with Crippen molar-refractivity contribution in [2.24, 2.45) is 0 Å². The summed E-state index contributed by atoms with van der Waals surface area (Å²) in [6, 6.07) is 8.17. The summed E-state index contributed by atoms with van der Waals surface area (Å²) in [6.45, 7) is -0.113. The molecule has 18 heavy (non-hydrogen) atoms. The number of ketones is 1. The molecule has 0 saturated carbocycles. The summed E-state index contributed by atoms with van der Waals surface area (Å²) in [4.78, 5) is 36.4. The van der Waals surface area contributed by atoms with Crippen LogP contribution in [-0.2, 0) is 6.54 Å². The summed E-state index contributed by atoms with van der Waals surface area (Å²) in [5.41, 5.74) is -0.580. The lowest BCUT2D eigenvalue weighted by molar-refractivity contribution is 0.0969. The van der Waals surface area contributed by atoms with Crippen molar-refractivity contribution in [1.29, 1.82) is 0 Å². The largest absolute Gasteiger partial charge is 0.328 e. The Bertz CT molecular complexity index is 703. The molecular formula is C12H9BrN2O3. The highest BCUT2D eigenvalue weighted by atomic mass is 79.9. The summed E-state index contributed by atoms with van der Waals surface area (Å²) < 4.78 is 1.83. The van der Waals surface area contributed by atoms with Gasteiger partial charge in [0.05, 0.1) is 6.54 Å².